The standard InChI is InChI=1S/C12H24N2O3/c1-6-9(4)10(11(15)17-5)14-12(16)13-7-8(2)3/h8-10H,6-7H2,1-5H3,(H2,13,14,16)/t9-,10+/m1/s1. The van der Waals surface area contributed by atoms with Crippen LogP contribution in [-0.4, -0.2) is 31.7 Å². The van der Waals surface area contributed by atoms with E-state index in [4.69, 9.17) is 0 Å². The highest BCUT2D eigenvalue weighted by molar-refractivity contribution is 5.83. The molecule has 0 fully saturated rings. The van der Waals surface area contributed by atoms with Crippen LogP contribution in [0.25, 0.3) is 0 Å². The molecule has 0 aliphatic heterocycles. The lowest BCUT2D eigenvalue weighted by Crippen LogP contribution is -2.50. The number of rotatable bonds is 6. The number of amides is 2. The van der Waals surface area contributed by atoms with Gasteiger partial charge in [-0.3, -0.25) is 0 Å². The van der Waals surface area contributed by atoms with Crippen molar-refractivity contribution in [3.05, 3.63) is 0 Å². The van der Waals surface area contributed by atoms with E-state index in [0.717, 1.165) is 6.42 Å². The van der Waals surface area contributed by atoms with E-state index in [1.54, 1.807) is 0 Å². The molecule has 0 aromatic carbocycles. The van der Waals surface area contributed by atoms with Gasteiger partial charge in [0.15, 0.2) is 0 Å². The number of methoxy groups -OCH3 is 1. The lowest BCUT2D eigenvalue weighted by atomic mass is 9.99. The van der Waals surface area contributed by atoms with Gasteiger partial charge in [-0.15, -0.1) is 0 Å². The first-order valence-corrected chi connectivity index (χ1v) is 6.04. The summed E-state index contributed by atoms with van der Waals surface area (Å²) in [5.41, 5.74) is 0. The van der Waals surface area contributed by atoms with E-state index >= 15 is 0 Å². The van der Waals surface area contributed by atoms with Gasteiger partial charge >= 0.3 is 12.0 Å². The summed E-state index contributed by atoms with van der Waals surface area (Å²) in [6, 6.07) is -0.911. The molecular weight excluding hydrogens is 220 g/mol. The lowest BCUT2D eigenvalue weighted by Gasteiger charge is -2.22. The normalized spacial score (nSPS) is 14.0. The van der Waals surface area contributed by atoms with Crippen LogP contribution in [0.4, 0.5) is 4.79 Å². The van der Waals surface area contributed by atoms with Crippen LogP contribution in [0, 0.1) is 11.8 Å². The Morgan fingerprint density at radius 3 is 2.24 bits per heavy atom. The zero-order valence-corrected chi connectivity index (χ0v) is 11.4. The van der Waals surface area contributed by atoms with Crippen LogP contribution in [0.3, 0.4) is 0 Å². The molecule has 2 N–H and O–H groups in total. The molecule has 0 aliphatic carbocycles. The van der Waals surface area contributed by atoms with Gasteiger partial charge in [0.25, 0.3) is 0 Å². The highest BCUT2D eigenvalue weighted by Crippen LogP contribution is 2.08. The number of nitrogens with one attached hydrogen (secondary N) is 2. The van der Waals surface area contributed by atoms with Gasteiger partial charge in [-0.05, 0) is 11.8 Å². The van der Waals surface area contributed by atoms with Crippen LogP contribution >= 0.6 is 0 Å². The van der Waals surface area contributed by atoms with E-state index in [1.165, 1.54) is 7.11 Å². The van der Waals surface area contributed by atoms with E-state index in [-0.39, 0.29) is 11.9 Å². The molecular formula is C12H24N2O3. The number of urea groups is 1. The average molecular weight is 244 g/mol. The van der Waals surface area contributed by atoms with Gasteiger partial charge in [0.1, 0.15) is 6.04 Å². The number of hydrogen-bond donors (Lipinski definition) is 2. The number of esters is 1. The van der Waals surface area contributed by atoms with Crippen molar-refractivity contribution < 1.29 is 14.3 Å². The number of hydrogen-bond acceptors (Lipinski definition) is 3. The maximum absolute atomic E-state index is 11.6. The SMILES string of the molecule is CC[C@@H](C)[C@H](NC(=O)NCC(C)C)C(=O)OC. The van der Waals surface area contributed by atoms with Gasteiger partial charge < -0.3 is 15.4 Å². The average Bonchev–Trinajstić information content (AvgIpc) is 2.31. The third-order valence-electron chi connectivity index (χ3n) is 2.63. The smallest absolute Gasteiger partial charge is 0.328 e. The van der Waals surface area contributed by atoms with E-state index in [9.17, 15) is 9.59 Å². The molecule has 0 aromatic heterocycles. The Balaban J connectivity index is 4.33. The van der Waals surface area contributed by atoms with Gasteiger partial charge in [0, 0.05) is 6.54 Å². The van der Waals surface area contributed by atoms with Crippen LogP contribution in [0.5, 0.6) is 0 Å². The fourth-order valence-electron chi connectivity index (χ4n) is 1.29. The first kappa shape index (κ1) is 15.7. The van der Waals surface area contributed by atoms with Gasteiger partial charge in [-0.25, -0.2) is 9.59 Å². The Morgan fingerprint density at radius 2 is 1.82 bits per heavy atom. The number of carbonyl (C=O) groups excluding carboxylic acids is 2. The molecule has 0 unspecified atom stereocenters. The second-order valence-electron chi connectivity index (χ2n) is 4.63. The highest BCUT2D eigenvalue weighted by Gasteiger charge is 2.26. The molecule has 0 rings (SSSR count). The van der Waals surface area contributed by atoms with Crippen molar-refractivity contribution in [3.8, 4) is 0 Å². The molecule has 0 spiro atoms. The molecule has 0 aromatic rings. The van der Waals surface area contributed by atoms with Crippen LogP contribution in [0.15, 0.2) is 0 Å². The van der Waals surface area contributed by atoms with Gasteiger partial charge in [-0.1, -0.05) is 34.1 Å². The largest absolute Gasteiger partial charge is 0.467 e. The minimum Gasteiger partial charge on any atom is -0.467 e. The van der Waals surface area contributed by atoms with Gasteiger partial charge in [0.2, 0.25) is 0 Å². The molecule has 100 valence electrons. The second-order valence-corrected chi connectivity index (χ2v) is 4.63. The Morgan fingerprint density at radius 1 is 1.24 bits per heavy atom. The molecule has 0 saturated heterocycles. The van der Waals surface area contributed by atoms with E-state index in [0.29, 0.717) is 12.5 Å². The summed E-state index contributed by atoms with van der Waals surface area (Å²) in [6.45, 7) is 8.47. The predicted molar refractivity (Wildman–Crippen MR) is 66.6 cm³/mol. The minimum atomic E-state index is -0.586. The van der Waals surface area contributed by atoms with Crippen molar-refractivity contribution in [2.45, 2.75) is 40.2 Å². The van der Waals surface area contributed by atoms with Crippen molar-refractivity contribution in [1.29, 1.82) is 0 Å². The van der Waals surface area contributed by atoms with Gasteiger partial charge in [-0.2, -0.15) is 0 Å². The zero-order valence-electron chi connectivity index (χ0n) is 11.4. The molecule has 0 saturated carbocycles. The van der Waals surface area contributed by atoms with Crippen molar-refractivity contribution in [2.75, 3.05) is 13.7 Å². The summed E-state index contributed by atoms with van der Waals surface area (Å²) >= 11 is 0. The van der Waals surface area contributed by atoms with Crippen molar-refractivity contribution in [1.82, 2.24) is 10.6 Å². The Bertz CT molecular complexity index is 254. The molecule has 17 heavy (non-hydrogen) atoms. The second kappa shape index (κ2) is 7.92. The third-order valence-corrected chi connectivity index (χ3v) is 2.63. The van der Waals surface area contributed by atoms with E-state index in [1.807, 2.05) is 27.7 Å². The maximum Gasteiger partial charge on any atom is 0.328 e. The fraction of sp³-hybridized carbons (Fsp3) is 0.833. The maximum atomic E-state index is 11.6. The van der Waals surface area contributed by atoms with Crippen molar-refractivity contribution >= 4 is 12.0 Å². The summed E-state index contributed by atoms with van der Waals surface area (Å²) in [4.78, 5) is 23.1. The molecule has 0 radical (unpaired) electrons. The highest BCUT2D eigenvalue weighted by atomic mass is 16.5. The van der Waals surface area contributed by atoms with Crippen LogP contribution in [-0.2, 0) is 9.53 Å². The quantitative estimate of drug-likeness (QED) is 0.696. The van der Waals surface area contributed by atoms with Gasteiger partial charge in [0.05, 0.1) is 7.11 Å². The van der Waals surface area contributed by atoms with Crippen molar-refractivity contribution in [3.63, 3.8) is 0 Å². The first-order chi connectivity index (χ1) is 7.92. The van der Waals surface area contributed by atoms with Crippen LogP contribution < -0.4 is 10.6 Å². The Hall–Kier alpha value is -1.26. The summed E-state index contributed by atoms with van der Waals surface area (Å²) in [6.07, 6.45) is 0.796. The number of ether oxygens (including phenoxy) is 1. The fourth-order valence-corrected chi connectivity index (χ4v) is 1.29. The molecule has 2 atom stereocenters. The lowest BCUT2D eigenvalue weighted by molar-refractivity contribution is -0.144. The molecule has 2 amide bonds. The number of carbonyl (C=O) groups is 2. The monoisotopic (exact) mass is 244 g/mol. The summed E-state index contributed by atoms with van der Waals surface area (Å²) < 4.78 is 4.68. The zero-order chi connectivity index (χ0) is 13.4. The minimum absolute atomic E-state index is 0.0484. The van der Waals surface area contributed by atoms with E-state index in [2.05, 4.69) is 15.4 Å². The molecule has 5 heteroatoms. The summed E-state index contributed by atoms with van der Waals surface area (Å²) in [7, 11) is 1.32. The molecule has 5 nitrogen and oxygen atoms in total. The first-order valence-electron chi connectivity index (χ1n) is 6.04. The summed E-state index contributed by atoms with van der Waals surface area (Å²) in [5.74, 6) is 0.0206. The van der Waals surface area contributed by atoms with E-state index < -0.39 is 12.0 Å². The Labute approximate surface area is 103 Å². The topological polar surface area (TPSA) is 67.4 Å². The third kappa shape index (κ3) is 6.14. The molecule has 0 bridgehead atoms. The predicted octanol–water partition coefficient (Wildman–Crippen LogP) is 1.53. The van der Waals surface area contributed by atoms with Crippen LogP contribution in [0.1, 0.15) is 34.1 Å². The molecule has 0 heterocycles. The van der Waals surface area contributed by atoms with Crippen LogP contribution in [0.2, 0.25) is 0 Å². The van der Waals surface area contributed by atoms with Crippen molar-refractivity contribution in [2.24, 2.45) is 11.8 Å². The molecule has 0 aliphatic rings. The summed E-state index contributed by atoms with van der Waals surface area (Å²) in [5, 5.41) is 5.36. The Kier molecular flexibility index (Phi) is 7.34.